The Morgan fingerprint density at radius 1 is 0.821 bits per heavy atom. The Balaban J connectivity index is 1.33. The van der Waals surface area contributed by atoms with Gasteiger partial charge in [-0.3, -0.25) is 0 Å². The van der Waals surface area contributed by atoms with E-state index in [4.69, 9.17) is 11.6 Å². The smallest absolute Gasteiger partial charge is 0.0481 e. The number of benzene rings is 1. The average Bonchev–Trinajstić information content (AvgIpc) is 2.74. The Labute approximate surface area is 179 Å². The summed E-state index contributed by atoms with van der Waals surface area (Å²) in [6.45, 7) is 2.30. The second-order valence-electron chi connectivity index (χ2n) is 9.43. The Morgan fingerprint density at radius 3 is 2.21 bits per heavy atom. The van der Waals surface area contributed by atoms with Gasteiger partial charge in [-0.05, 0) is 67.1 Å². The molecule has 0 spiro atoms. The van der Waals surface area contributed by atoms with Gasteiger partial charge >= 0.3 is 0 Å². The second kappa shape index (κ2) is 12.1. The minimum atomic E-state index is 0.915. The number of unbranched alkanes of at least 4 members (excludes halogenated alkanes) is 6. The Bertz CT molecular complexity index is 594. The lowest BCUT2D eigenvalue weighted by molar-refractivity contribution is 0.187. The fourth-order valence-electron chi connectivity index (χ4n) is 5.59. The molecule has 0 aromatic heterocycles. The number of hydrogen-bond donors (Lipinski definition) is 0. The van der Waals surface area contributed by atoms with Crippen LogP contribution in [0.5, 0.6) is 0 Å². The molecular formula is C27H41Cl. The van der Waals surface area contributed by atoms with E-state index in [0.717, 1.165) is 22.8 Å². The van der Waals surface area contributed by atoms with Gasteiger partial charge < -0.3 is 0 Å². The topological polar surface area (TPSA) is 0 Å². The summed E-state index contributed by atoms with van der Waals surface area (Å²) in [7, 11) is 0. The van der Waals surface area contributed by atoms with E-state index in [0.29, 0.717) is 0 Å². The zero-order chi connectivity index (χ0) is 19.6. The molecule has 3 rings (SSSR count). The molecule has 1 unspecified atom stereocenters. The van der Waals surface area contributed by atoms with Gasteiger partial charge in [-0.2, -0.15) is 0 Å². The van der Waals surface area contributed by atoms with Crippen molar-refractivity contribution < 1.29 is 0 Å². The molecule has 0 aliphatic heterocycles. The SMILES string of the molecule is CCCCCCCCCC1CCC(C2CC=C(c3ccccc3Cl)CC2)CC1. The summed E-state index contributed by atoms with van der Waals surface area (Å²) in [6.07, 6.45) is 24.0. The monoisotopic (exact) mass is 400 g/mol. The molecule has 0 nitrogen and oxygen atoms in total. The fraction of sp³-hybridized carbons (Fsp3) is 0.704. The van der Waals surface area contributed by atoms with Crippen LogP contribution in [0.2, 0.25) is 5.02 Å². The Kier molecular flexibility index (Phi) is 9.45. The maximum atomic E-state index is 6.40. The van der Waals surface area contributed by atoms with E-state index in [1.54, 1.807) is 0 Å². The summed E-state index contributed by atoms with van der Waals surface area (Å²) >= 11 is 6.40. The van der Waals surface area contributed by atoms with Crippen LogP contribution in [-0.2, 0) is 0 Å². The van der Waals surface area contributed by atoms with Gasteiger partial charge in [0.1, 0.15) is 0 Å². The van der Waals surface area contributed by atoms with Crippen LogP contribution in [-0.4, -0.2) is 0 Å². The summed E-state index contributed by atoms with van der Waals surface area (Å²) in [4.78, 5) is 0. The summed E-state index contributed by atoms with van der Waals surface area (Å²) in [5.41, 5.74) is 2.75. The molecule has 2 aliphatic carbocycles. The lowest BCUT2D eigenvalue weighted by Gasteiger charge is -2.35. The summed E-state index contributed by atoms with van der Waals surface area (Å²) in [5.74, 6) is 2.94. The number of allylic oxidation sites excluding steroid dienone is 2. The van der Waals surface area contributed by atoms with Gasteiger partial charge in [0.2, 0.25) is 0 Å². The standard InChI is InChI=1S/C27H41Cl/c1-2-3-4-5-6-7-8-11-22-14-16-23(17-15-22)24-18-20-25(21-19-24)26-12-9-10-13-27(26)28/h9-10,12-13,20,22-24H,2-8,11,14-19,21H2,1H3. The number of rotatable bonds is 10. The molecule has 1 aromatic carbocycles. The van der Waals surface area contributed by atoms with E-state index >= 15 is 0 Å². The van der Waals surface area contributed by atoms with Gasteiger partial charge in [0.15, 0.2) is 0 Å². The van der Waals surface area contributed by atoms with Crippen molar-refractivity contribution in [3.63, 3.8) is 0 Å². The van der Waals surface area contributed by atoms with Crippen LogP contribution in [0.4, 0.5) is 0 Å². The lowest BCUT2D eigenvalue weighted by Crippen LogP contribution is -2.23. The molecule has 0 saturated heterocycles. The molecule has 0 N–H and O–H groups in total. The predicted octanol–water partition coefficient (Wildman–Crippen LogP) is 9.47. The molecule has 0 amide bonds. The highest BCUT2D eigenvalue weighted by Crippen LogP contribution is 2.42. The van der Waals surface area contributed by atoms with Crippen LogP contribution in [0.15, 0.2) is 30.3 Å². The third kappa shape index (κ3) is 6.65. The van der Waals surface area contributed by atoms with E-state index in [2.05, 4.69) is 25.1 Å². The Morgan fingerprint density at radius 2 is 1.54 bits per heavy atom. The van der Waals surface area contributed by atoms with Crippen molar-refractivity contribution in [3.05, 3.63) is 40.9 Å². The molecule has 1 atom stereocenters. The van der Waals surface area contributed by atoms with Crippen LogP contribution in [0.25, 0.3) is 5.57 Å². The van der Waals surface area contributed by atoms with E-state index in [1.807, 2.05) is 12.1 Å². The molecule has 2 aliphatic rings. The first kappa shape index (κ1) is 21.9. The van der Waals surface area contributed by atoms with E-state index in [-0.39, 0.29) is 0 Å². The molecule has 0 heterocycles. The third-order valence-electron chi connectivity index (χ3n) is 7.45. The number of halogens is 1. The maximum Gasteiger partial charge on any atom is 0.0481 e. The van der Waals surface area contributed by atoms with Crippen LogP contribution >= 0.6 is 11.6 Å². The second-order valence-corrected chi connectivity index (χ2v) is 9.84. The molecule has 0 bridgehead atoms. The van der Waals surface area contributed by atoms with Gasteiger partial charge in [0.25, 0.3) is 0 Å². The first-order valence-corrected chi connectivity index (χ1v) is 12.6. The van der Waals surface area contributed by atoms with Crippen molar-refractivity contribution in [2.45, 2.75) is 103 Å². The summed E-state index contributed by atoms with van der Waals surface area (Å²) < 4.78 is 0. The lowest BCUT2D eigenvalue weighted by atomic mass is 9.70. The molecule has 156 valence electrons. The largest absolute Gasteiger partial charge is 0.0837 e. The zero-order valence-corrected chi connectivity index (χ0v) is 18.9. The van der Waals surface area contributed by atoms with Crippen LogP contribution in [0.1, 0.15) is 109 Å². The molecule has 1 fully saturated rings. The van der Waals surface area contributed by atoms with Gasteiger partial charge in [-0.15, -0.1) is 0 Å². The van der Waals surface area contributed by atoms with Crippen LogP contribution in [0.3, 0.4) is 0 Å². The molecule has 1 saturated carbocycles. The zero-order valence-electron chi connectivity index (χ0n) is 18.1. The molecule has 1 aromatic rings. The van der Waals surface area contributed by atoms with Gasteiger partial charge in [0.05, 0.1) is 0 Å². The quantitative estimate of drug-likeness (QED) is 0.343. The third-order valence-corrected chi connectivity index (χ3v) is 7.77. The first-order chi connectivity index (χ1) is 13.8. The first-order valence-electron chi connectivity index (χ1n) is 12.2. The van der Waals surface area contributed by atoms with E-state index in [1.165, 1.54) is 107 Å². The van der Waals surface area contributed by atoms with Gasteiger partial charge in [0, 0.05) is 5.02 Å². The maximum absolute atomic E-state index is 6.40. The highest BCUT2D eigenvalue weighted by Gasteiger charge is 2.28. The van der Waals surface area contributed by atoms with Crippen LogP contribution in [0, 0.1) is 17.8 Å². The van der Waals surface area contributed by atoms with Crippen molar-refractivity contribution in [1.82, 2.24) is 0 Å². The van der Waals surface area contributed by atoms with Crippen LogP contribution < -0.4 is 0 Å². The fourth-order valence-corrected chi connectivity index (χ4v) is 5.84. The highest BCUT2D eigenvalue weighted by atomic mass is 35.5. The van der Waals surface area contributed by atoms with E-state index in [9.17, 15) is 0 Å². The van der Waals surface area contributed by atoms with Crippen molar-refractivity contribution in [3.8, 4) is 0 Å². The van der Waals surface area contributed by atoms with Crippen molar-refractivity contribution in [1.29, 1.82) is 0 Å². The molecule has 28 heavy (non-hydrogen) atoms. The molecule has 1 heteroatoms. The predicted molar refractivity (Wildman–Crippen MR) is 125 cm³/mol. The Hall–Kier alpha value is -0.750. The molecular weight excluding hydrogens is 360 g/mol. The summed E-state index contributed by atoms with van der Waals surface area (Å²) in [6, 6.07) is 8.35. The normalized spacial score (nSPS) is 25.5. The summed E-state index contributed by atoms with van der Waals surface area (Å²) in [5, 5.41) is 0.915. The van der Waals surface area contributed by atoms with Crippen molar-refractivity contribution >= 4 is 17.2 Å². The van der Waals surface area contributed by atoms with Gasteiger partial charge in [-0.1, -0.05) is 107 Å². The van der Waals surface area contributed by atoms with E-state index < -0.39 is 0 Å². The minimum absolute atomic E-state index is 0.915. The highest BCUT2D eigenvalue weighted by molar-refractivity contribution is 6.32. The molecule has 0 radical (unpaired) electrons. The average molecular weight is 401 g/mol. The van der Waals surface area contributed by atoms with Crippen molar-refractivity contribution in [2.75, 3.05) is 0 Å². The van der Waals surface area contributed by atoms with Gasteiger partial charge in [-0.25, -0.2) is 0 Å². The minimum Gasteiger partial charge on any atom is -0.0837 e. The van der Waals surface area contributed by atoms with Crippen molar-refractivity contribution in [2.24, 2.45) is 17.8 Å². The number of hydrogen-bond acceptors (Lipinski definition) is 0.